The van der Waals surface area contributed by atoms with Crippen LogP contribution in [0.4, 0.5) is 11.4 Å². The molecule has 0 saturated carbocycles. The largest absolute Gasteiger partial charge is 0.380 e. The van der Waals surface area contributed by atoms with Gasteiger partial charge in [0.05, 0.1) is 11.9 Å². The molecule has 0 bridgehead atoms. The van der Waals surface area contributed by atoms with E-state index in [1.807, 2.05) is 18.2 Å². The van der Waals surface area contributed by atoms with E-state index in [2.05, 4.69) is 34.7 Å². The molecule has 0 atom stereocenters. The lowest BCUT2D eigenvalue weighted by molar-refractivity contribution is 0.102. The molecule has 0 spiro atoms. The number of carbonyl (C=O) groups is 1. The van der Waals surface area contributed by atoms with Crippen molar-refractivity contribution in [3.05, 3.63) is 88.7 Å². The lowest BCUT2D eigenvalue weighted by Gasteiger charge is -2.09. The highest BCUT2D eigenvalue weighted by Crippen LogP contribution is 2.15. The maximum absolute atomic E-state index is 12.2. The molecule has 5 heteroatoms. The molecule has 1 aromatic heterocycles. The predicted octanol–water partition coefficient (Wildman–Crippen LogP) is 4.91. The smallest absolute Gasteiger partial charge is 0.274 e. The highest BCUT2D eigenvalue weighted by molar-refractivity contribution is 6.30. The van der Waals surface area contributed by atoms with E-state index in [4.69, 9.17) is 11.6 Å². The number of hydrogen-bond donors (Lipinski definition) is 2. The molecule has 3 aromatic rings. The van der Waals surface area contributed by atoms with Crippen molar-refractivity contribution in [1.82, 2.24) is 4.98 Å². The minimum Gasteiger partial charge on any atom is -0.380 e. The van der Waals surface area contributed by atoms with E-state index >= 15 is 0 Å². The lowest BCUT2D eigenvalue weighted by Crippen LogP contribution is -2.13. The second kappa shape index (κ2) is 7.81. The highest BCUT2D eigenvalue weighted by atomic mass is 35.5. The molecule has 0 radical (unpaired) electrons. The van der Waals surface area contributed by atoms with Gasteiger partial charge in [-0.15, -0.1) is 0 Å². The van der Waals surface area contributed by atoms with E-state index in [9.17, 15) is 4.79 Å². The molecule has 126 valence electrons. The minimum atomic E-state index is -0.257. The summed E-state index contributed by atoms with van der Waals surface area (Å²) in [5.41, 5.74) is 4.37. The molecular weight excluding hydrogens is 334 g/mol. The van der Waals surface area contributed by atoms with Gasteiger partial charge in [0, 0.05) is 17.3 Å². The first kappa shape index (κ1) is 17.0. The van der Waals surface area contributed by atoms with Gasteiger partial charge in [0.2, 0.25) is 0 Å². The summed E-state index contributed by atoms with van der Waals surface area (Å²) in [6.07, 6.45) is 1.66. The van der Waals surface area contributed by atoms with Crippen LogP contribution in [0.25, 0.3) is 0 Å². The fourth-order valence-electron chi connectivity index (χ4n) is 2.37. The van der Waals surface area contributed by atoms with Crippen LogP contribution in [-0.2, 0) is 6.54 Å². The normalized spacial score (nSPS) is 10.3. The van der Waals surface area contributed by atoms with E-state index < -0.39 is 0 Å². The third kappa shape index (κ3) is 4.58. The van der Waals surface area contributed by atoms with Crippen LogP contribution < -0.4 is 10.6 Å². The molecule has 1 amide bonds. The van der Waals surface area contributed by atoms with Crippen LogP contribution in [0.1, 0.15) is 21.6 Å². The topological polar surface area (TPSA) is 54.0 Å². The van der Waals surface area contributed by atoms with Gasteiger partial charge in [-0.2, -0.15) is 0 Å². The van der Waals surface area contributed by atoms with Crippen LogP contribution in [0.5, 0.6) is 0 Å². The summed E-state index contributed by atoms with van der Waals surface area (Å²) < 4.78 is 0. The molecule has 1 heterocycles. The van der Waals surface area contributed by atoms with Gasteiger partial charge in [0.25, 0.3) is 5.91 Å². The highest BCUT2D eigenvalue weighted by Gasteiger charge is 2.08. The summed E-state index contributed by atoms with van der Waals surface area (Å²) in [7, 11) is 0. The first-order valence-corrected chi connectivity index (χ1v) is 8.31. The third-order valence-corrected chi connectivity index (χ3v) is 4.09. The van der Waals surface area contributed by atoms with Crippen LogP contribution in [0, 0.1) is 6.92 Å². The zero-order chi connectivity index (χ0) is 17.6. The zero-order valence-electron chi connectivity index (χ0n) is 13.8. The van der Waals surface area contributed by atoms with Crippen LogP contribution in [0.15, 0.2) is 66.9 Å². The van der Waals surface area contributed by atoms with Crippen molar-refractivity contribution in [3.8, 4) is 0 Å². The summed E-state index contributed by atoms with van der Waals surface area (Å²) in [5, 5.41) is 6.73. The number of nitrogens with one attached hydrogen (secondary N) is 2. The van der Waals surface area contributed by atoms with Crippen molar-refractivity contribution >= 4 is 28.9 Å². The summed E-state index contributed by atoms with van der Waals surface area (Å²) in [6, 6.07) is 18.7. The van der Waals surface area contributed by atoms with Crippen molar-refractivity contribution in [2.24, 2.45) is 0 Å². The zero-order valence-corrected chi connectivity index (χ0v) is 14.5. The molecule has 0 unspecified atom stereocenters. The molecule has 2 N–H and O–H groups in total. The summed E-state index contributed by atoms with van der Waals surface area (Å²) in [6.45, 7) is 2.80. The second-order valence-electron chi connectivity index (χ2n) is 5.67. The molecule has 2 aromatic carbocycles. The monoisotopic (exact) mass is 351 g/mol. The van der Waals surface area contributed by atoms with Gasteiger partial charge in [-0.25, -0.2) is 4.98 Å². The van der Waals surface area contributed by atoms with Crippen molar-refractivity contribution in [1.29, 1.82) is 0 Å². The Balaban J connectivity index is 1.60. The molecule has 3 rings (SSSR count). The molecular formula is C20H18ClN3O. The number of aromatic nitrogens is 1. The van der Waals surface area contributed by atoms with Gasteiger partial charge in [0.1, 0.15) is 5.69 Å². The number of halogens is 1. The molecule has 0 fully saturated rings. The number of hydrogen-bond acceptors (Lipinski definition) is 3. The lowest BCUT2D eigenvalue weighted by atomic mass is 10.1. The Morgan fingerprint density at radius 1 is 1.00 bits per heavy atom. The number of pyridine rings is 1. The fourth-order valence-corrected chi connectivity index (χ4v) is 2.49. The Labute approximate surface area is 151 Å². The minimum absolute atomic E-state index is 0.257. The van der Waals surface area contributed by atoms with Gasteiger partial charge >= 0.3 is 0 Å². The summed E-state index contributed by atoms with van der Waals surface area (Å²) in [5.74, 6) is -0.257. The number of amides is 1. The number of anilines is 2. The van der Waals surface area contributed by atoms with Gasteiger partial charge in [-0.3, -0.25) is 4.79 Å². The molecule has 4 nitrogen and oxygen atoms in total. The average molecular weight is 352 g/mol. The molecule has 25 heavy (non-hydrogen) atoms. The maximum atomic E-state index is 12.2. The number of carbonyl (C=O) groups excluding carboxylic acids is 1. The standard InChI is InChI=1S/C20H18ClN3O/c1-14-4-2-3-5-15(14)12-22-18-10-11-19(23-13-18)20(25)24-17-8-6-16(21)7-9-17/h2-11,13,22H,12H2,1H3,(H,24,25). The number of rotatable bonds is 5. The Hall–Kier alpha value is -2.85. The van der Waals surface area contributed by atoms with E-state index in [1.54, 1.807) is 36.5 Å². The van der Waals surface area contributed by atoms with E-state index in [-0.39, 0.29) is 5.91 Å². The number of benzene rings is 2. The van der Waals surface area contributed by atoms with Gasteiger partial charge in [-0.05, 0) is 54.4 Å². The van der Waals surface area contributed by atoms with Crippen molar-refractivity contribution < 1.29 is 4.79 Å². The van der Waals surface area contributed by atoms with Gasteiger partial charge < -0.3 is 10.6 Å². The van der Waals surface area contributed by atoms with Crippen molar-refractivity contribution in [3.63, 3.8) is 0 Å². The maximum Gasteiger partial charge on any atom is 0.274 e. The third-order valence-electron chi connectivity index (χ3n) is 3.84. The fraction of sp³-hybridized carbons (Fsp3) is 0.100. The molecule has 0 aliphatic heterocycles. The summed E-state index contributed by atoms with van der Waals surface area (Å²) in [4.78, 5) is 16.4. The molecule has 0 saturated heterocycles. The second-order valence-corrected chi connectivity index (χ2v) is 6.11. The SMILES string of the molecule is Cc1ccccc1CNc1ccc(C(=O)Nc2ccc(Cl)cc2)nc1. The molecule has 0 aliphatic rings. The van der Waals surface area contributed by atoms with E-state index in [0.717, 1.165) is 5.69 Å². The number of aryl methyl sites for hydroxylation is 1. The van der Waals surface area contributed by atoms with Crippen molar-refractivity contribution in [2.75, 3.05) is 10.6 Å². The van der Waals surface area contributed by atoms with E-state index in [0.29, 0.717) is 22.9 Å². The van der Waals surface area contributed by atoms with Crippen LogP contribution in [0.2, 0.25) is 5.02 Å². The Kier molecular flexibility index (Phi) is 5.31. The van der Waals surface area contributed by atoms with Crippen LogP contribution >= 0.6 is 11.6 Å². The quantitative estimate of drug-likeness (QED) is 0.686. The van der Waals surface area contributed by atoms with E-state index in [1.165, 1.54) is 11.1 Å². The molecule has 0 aliphatic carbocycles. The Morgan fingerprint density at radius 3 is 2.40 bits per heavy atom. The number of nitrogens with zero attached hydrogens (tertiary/aromatic N) is 1. The average Bonchev–Trinajstić information content (AvgIpc) is 2.63. The van der Waals surface area contributed by atoms with Gasteiger partial charge in [0.15, 0.2) is 0 Å². The predicted molar refractivity (Wildman–Crippen MR) is 102 cm³/mol. The first-order valence-electron chi connectivity index (χ1n) is 7.93. The first-order chi connectivity index (χ1) is 12.1. The Morgan fingerprint density at radius 2 is 1.72 bits per heavy atom. The van der Waals surface area contributed by atoms with Crippen molar-refractivity contribution in [2.45, 2.75) is 13.5 Å². The van der Waals surface area contributed by atoms with Crippen LogP contribution in [-0.4, -0.2) is 10.9 Å². The van der Waals surface area contributed by atoms with Crippen LogP contribution in [0.3, 0.4) is 0 Å². The summed E-state index contributed by atoms with van der Waals surface area (Å²) >= 11 is 5.83. The Bertz CT molecular complexity index is 861. The van der Waals surface area contributed by atoms with Gasteiger partial charge in [-0.1, -0.05) is 35.9 Å².